The standard InChI is InChI=1S/C15H12N2O4/c1-21-12-5-3-2-4-10(12)14-16-13(15(19)20)11-7-6-9(18)8-17(11)14/h2-8,18H,1H3,(H,19,20). The van der Waals surface area contributed by atoms with E-state index < -0.39 is 5.97 Å². The first kappa shape index (κ1) is 13.0. The van der Waals surface area contributed by atoms with Crippen molar-refractivity contribution in [3.8, 4) is 22.9 Å². The van der Waals surface area contributed by atoms with Gasteiger partial charge in [0.25, 0.3) is 0 Å². The molecule has 0 aliphatic heterocycles. The molecule has 2 aromatic heterocycles. The monoisotopic (exact) mass is 284 g/mol. The fraction of sp³-hybridized carbons (Fsp3) is 0.0667. The third-order valence-corrected chi connectivity index (χ3v) is 3.17. The molecule has 1 aromatic carbocycles. The van der Waals surface area contributed by atoms with Crippen LogP contribution < -0.4 is 4.74 Å². The van der Waals surface area contributed by atoms with Gasteiger partial charge in [0.2, 0.25) is 0 Å². The molecule has 0 saturated heterocycles. The van der Waals surface area contributed by atoms with E-state index in [-0.39, 0.29) is 11.4 Å². The Bertz CT molecular complexity index is 839. The number of aromatic hydroxyl groups is 1. The van der Waals surface area contributed by atoms with Crippen LogP contribution in [0.15, 0.2) is 42.6 Å². The molecule has 0 unspecified atom stereocenters. The smallest absolute Gasteiger partial charge is 0.356 e. The summed E-state index contributed by atoms with van der Waals surface area (Å²) in [5.41, 5.74) is 0.977. The Hall–Kier alpha value is -3.02. The van der Waals surface area contributed by atoms with E-state index in [4.69, 9.17) is 4.74 Å². The molecule has 2 N–H and O–H groups in total. The van der Waals surface area contributed by atoms with E-state index in [0.717, 1.165) is 0 Å². The minimum absolute atomic E-state index is 0.0213. The number of benzene rings is 1. The molecule has 0 atom stereocenters. The van der Waals surface area contributed by atoms with Crippen molar-refractivity contribution in [2.75, 3.05) is 7.11 Å². The van der Waals surface area contributed by atoms with Gasteiger partial charge in [-0.1, -0.05) is 12.1 Å². The summed E-state index contributed by atoms with van der Waals surface area (Å²) >= 11 is 0. The molecule has 0 amide bonds. The van der Waals surface area contributed by atoms with E-state index in [2.05, 4.69) is 4.98 Å². The van der Waals surface area contributed by atoms with Gasteiger partial charge in [-0.05, 0) is 24.3 Å². The lowest BCUT2D eigenvalue weighted by Crippen LogP contribution is -1.97. The predicted octanol–water partition coefficient (Wildman–Crippen LogP) is 2.41. The van der Waals surface area contributed by atoms with Crippen molar-refractivity contribution in [3.63, 3.8) is 0 Å². The van der Waals surface area contributed by atoms with E-state index in [1.165, 1.54) is 29.8 Å². The summed E-state index contributed by atoms with van der Waals surface area (Å²) in [6, 6.07) is 10.1. The molecule has 0 saturated carbocycles. The van der Waals surface area contributed by atoms with Gasteiger partial charge >= 0.3 is 5.97 Å². The summed E-state index contributed by atoms with van der Waals surface area (Å²) in [4.78, 5) is 15.5. The molecule has 0 fully saturated rings. The number of ether oxygens (including phenoxy) is 1. The van der Waals surface area contributed by atoms with Crippen molar-refractivity contribution >= 4 is 11.5 Å². The van der Waals surface area contributed by atoms with E-state index in [0.29, 0.717) is 22.7 Å². The van der Waals surface area contributed by atoms with Gasteiger partial charge in [-0.15, -0.1) is 0 Å². The highest BCUT2D eigenvalue weighted by atomic mass is 16.5. The van der Waals surface area contributed by atoms with Gasteiger partial charge < -0.3 is 14.9 Å². The largest absolute Gasteiger partial charge is 0.506 e. The number of hydrogen-bond acceptors (Lipinski definition) is 4. The van der Waals surface area contributed by atoms with Crippen LogP contribution in [0.3, 0.4) is 0 Å². The Morgan fingerprint density at radius 3 is 2.71 bits per heavy atom. The average Bonchev–Trinajstić information content (AvgIpc) is 2.85. The van der Waals surface area contributed by atoms with Crippen molar-refractivity contribution < 1.29 is 19.7 Å². The van der Waals surface area contributed by atoms with Gasteiger partial charge in [0, 0.05) is 0 Å². The number of carboxylic acids is 1. The van der Waals surface area contributed by atoms with Crippen LogP contribution in [0.1, 0.15) is 10.5 Å². The molecule has 3 rings (SSSR count). The van der Waals surface area contributed by atoms with Crippen molar-refractivity contribution in [1.29, 1.82) is 0 Å². The number of aromatic carboxylic acids is 1. The Labute approximate surface area is 119 Å². The predicted molar refractivity (Wildman–Crippen MR) is 75.8 cm³/mol. The number of carboxylic acid groups (broad SMARTS) is 1. The Morgan fingerprint density at radius 1 is 1.24 bits per heavy atom. The molecule has 0 aliphatic carbocycles. The van der Waals surface area contributed by atoms with Crippen molar-refractivity contribution in [1.82, 2.24) is 9.38 Å². The zero-order valence-corrected chi connectivity index (χ0v) is 11.1. The Kier molecular flexibility index (Phi) is 2.98. The van der Waals surface area contributed by atoms with Crippen LogP contribution in [0.2, 0.25) is 0 Å². The molecule has 3 aromatic rings. The lowest BCUT2D eigenvalue weighted by Gasteiger charge is -2.07. The maximum atomic E-state index is 11.3. The fourth-order valence-corrected chi connectivity index (χ4v) is 2.25. The van der Waals surface area contributed by atoms with Crippen LogP contribution in [-0.2, 0) is 0 Å². The molecule has 106 valence electrons. The van der Waals surface area contributed by atoms with Crippen LogP contribution in [0.5, 0.6) is 11.5 Å². The number of para-hydroxylation sites is 1. The van der Waals surface area contributed by atoms with Crippen LogP contribution in [0, 0.1) is 0 Å². The van der Waals surface area contributed by atoms with Crippen molar-refractivity contribution in [3.05, 3.63) is 48.3 Å². The molecule has 6 nitrogen and oxygen atoms in total. The minimum Gasteiger partial charge on any atom is -0.506 e. The van der Waals surface area contributed by atoms with Crippen LogP contribution in [-0.4, -0.2) is 32.7 Å². The number of hydrogen-bond donors (Lipinski definition) is 2. The quantitative estimate of drug-likeness (QED) is 0.771. The summed E-state index contributed by atoms with van der Waals surface area (Å²) < 4.78 is 6.82. The molecule has 0 aliphatic rings. The van der Waals surface area contributed by atoms with Gasteiger partial charge in [-0.3, -0.25) is 4.40 Å². The zero-order valence-electron chi connectivity index (χ0n) is 11.1. The summed E-state index contributed by atoms with van der Waals surface area (Å²) in [5.74, 6) is -0.132. The highest BCUT2D eigenvalue weighted by Gasteiger charge is 2.19. The molecular weight excluding hydrogens is 272 g/mol. The molecule has 6 heteroatoms. The number of carbonyl (C=O) groups is 1. The lowest BCUT2D eigenvalue weighted by atomic mass is 10.2. The van der Waals surface area contributed by atoms with Gasteiger partial charge in [0.1, 0.15) is 17.3 Å². The summed E-state index contributed by atoms with van der Waals surface area (Å²) in [6.07, 6.45) is 1.43. The number of fused-ring (bicyclic) bond motifs is 1. The lowest BCUT2D eigenvalue weighted by molar-refractivity contribution is 0.0693. The Balaban J connectivity index is 2.37. The number of rotatable bonds is 3. The number of methoxy groups -OCH3 is 1. The number of imidazole rings is 1. The maximum absolute atomic E-state index is 11.3. The SMILES string of the molecule is COc1ccccc1-c1nc(C(=O)O)c2ccc(O)cn12. The molecule has 2 heterocycles. The number of aromatic nitrogens is 2. The molecule has 0 bridgehead atoms. The highest BCUT2D eigenvalue weighted by molar-refractivity contribution is 5.95. The van der Waals surface area contributed by atoms with Crippen molar-refractivity contribution in [2.45, 2.75) is 0 Å². The Morgan fingerprint density at radius 2 is 2.00 bits per heavy atom. The minimum atomic E-state index is -1.13. The first-order valence-corrected chi connectivity index (χ1v) is 6.19. The topological polar surface area (TPSA) is 84.1 Å². The highest BCUT2D eigenvalue weighted by Crippen LogP contribution is 2.31. The maximum Gasteiger partial charge on any atom is 0.356 e. The van der Waals surface area contributed by atoms with Gasteiger partial charge in [-0.2, -0.15) is 0 Å². The van der Waals surface area contributed by atoms with Crippen LogP contribution in [0.4, 0.5) is 0 Å². The second kappa shape index (κ2) is 4.82. The first-order chi connectivity index (χ1) is 10.1. The van der Waals surface area contributed by atoms with E-state index >= 15 is 0 Å². The number of nitrogens with zero attached hydrogens (tertiary/aromatic N) is 2. The molecule has 0 radical (unpaired) electrons. The molecular formula is C15H12N2O4. The summed E-state index contributed by atoms with van der Waals surface area (Å²) in [7, 11) is 1.53. The summed E-state index contributed by atoms with van der Waals surface area (Å²) in [6.45, 7) is 0. The van der Waals surface area contributed by atoms with Crippen LogP contribution in [0.25, 0.3) is 16.9 Å². The van der Waals surface area contributed by atoms with Crippen LogP contribution >= 0.6 is 0 Å². The molecule has 0 spiro atoms. The fourth-order valence-electron chi connectivity index (χ4n) is 2.25. The second-order valence-corrected chi connectivity index (χ2v) is 4.43. The van der Waals surface area contributed by atoms with Gasteiger partial charge in [-0.25, -0.2) is 9.78 Å². The second-order valence-electron chi connectivity index (χ2n) is 4.43. The first-order valence-electron chi connectivity index (χ1n) is 6.19. The third-order valence-electron chi connectivity index (χ3n) is 3.17. The average molecular weight is 284 g/mol. The van der Waals surface area contributed by atoms with Gasteiger partial charge in [0.15, 0.2) is 5.69 Å². The van der Waals surface area contributed by atoms with Gasteiger partial charge in [0.05, 0.1) is 24.4 Å². The zero-order chi connectivity index (χ0) is 15.0. The molecule has 21 heavy (non-hydrogen) atoms. The van der Waals surface area contributed by atoms with E-state index in [1.54, 1.807) is 12.1 Å². The summed E-state index contributed by atoms with van der Waals surface area (Å²) in [5, 5.41) is 18.9. The third kappa shape index (κ3) is 2.06. The van der Waals surface area contributed by atoms with E-state index in [9.17, 15) is 15.0 Å². The normalized spacial score (nSPS) is 10.7. The van der Waals surface area contributed by atoms with E-state index in [1.807, 2.05) is 12.1 Å². The number of pyridine rings is 1. The van der Waals surface area contributed by atoms with Crippen molar-refractivity contribution in [2.24, 2.45) is 0 Å².